The van der Waals surface area contributed by atoms with E-state index in [2.05, 4.69) is 20.4 Å². The molecule has 0 unspecified atom stereocenters. The molecular weight excluding hydrogens is 408 g/mol. The van der Waals surface area contributed by atoms with Crippen molar-refractivity contribution in [3.8, 4) is 0 Å². The van der Waals surface area contributed by atoms with E-state index in [1.54, 1.807) is 16.8 Å². The summed E-state index contributed by atoms with van der Waals surface area (Å²) in [6.07, 6.45) is 8.92. The molecule has 2 fully saturated rings. The van der Waals surface area contributed by atoms with E-state index in [-0.39, 0.29) is 17.7 Å². The highest BCUT2D eigenvalue weighted by Gasteiger charge is 2.40. The fourth-order valence-electron chi connectivity index (χ4n) is 5.63. The summed E-state index contributed by atoms with van der Waals surface area (Å²) in [4.78, 5) is 2.49. The van der Waals surface area contributed by atoms with Gasteiger partial charge >= 0.3 is 0 Å². The highest BCUT2D eigenvalue weighted by atomic mass is 19.1. The molecule has 32 heavy (non-hydrogen) atoms. The first-order valence-electron chi connectivity index (χ1n) is 11.6. The first-order valence-corrected chi connectivity index (χ1v) is 11.6. The Labute approximate surface area is 187 Å². The molecule has 2 aliphatic rings. The molecule has 1 aliphatic heterocycles. The lowest BCUT2D eigenvalue weighted by Gasteiger charge is -2.47. The Bertz CT molecular complexity index is 1020. The van der Waals surface area contributed by atoms with Crippen LogP contribution in [-0.4, -0.2) is 38.2 Å². The van der Waals surface area contributed by atoms with Gasteiger partial charge in [-0.2, -0.15) is 0 Å². The smallest absolute Gasteiger partial charge is 0.173 e. The number of aromatic nitrogens is 4. The lowest BCUT2D eigenvalue weighted by Crippen LogP contribution is -2.46. The minimum atomic E-state index is -0.263. The van der Waals surface area contributed by atoms with Gasteiger partial charge in [-0.3, -0.25) is 4.90 Å². The molecular formula is C25H29F2N5. The van der Waals surface area contributed by atoms with E-state index in [0.29, 0.717) is 12.0 Å². The van der Waals surface area contributed by atoms with E-state index in [1.807, 2.05) is 12.1 Å². The zero-order chi connectivity index (χ0) is 22.0. The Morgan fingerprint density at radius 1 is 0.844 bits per heavy atom. The standard InChI is InChI=1S/C25H29F2N5/c26-21-9-5-19(6-10-21)17-32-24(28-29-30-32)23(20-7-11-22(27)12-8-20)31-16-4-15-25(18-31)13-2-1-3-14-25/h5-12,23H,1-4,13-18H2/t23-/m1/s1. The molecule has 0 amide bonds. The maximum Gasteiger partial charge on any atom is 0.173 e. The molecule has 0 bridgehead atoms. The normalized spacial score (nSPS) is 19.8. The predicted octanol–water partition coefficient (Wildman–Crippen LogP) is 5.14. The molecule has 7 heteroatoms. The summed E-state index contributed by atoms with van der Waals surface area (Å²) in [7, 11) is 0. The van der Waals surface area contributed by atoms with Crippen molar-refractivity contribution in [1.82, 2.24) is 25.1 Å². The number of piperidine rings is 1. The lowest BCUT2D eigenvalue weighted by molar-refractivity contribution is 0.0342. The number of hydrogen-bond acceptors (Lipinski definition) is 4. The summed E-state index contributed by atoms with van der Waals surface area (Å²) in [5.41, 5.74) is 2.29. The fraction of sp³-hybridized carbons (Fsp3) is 0.480. The van der Waals surface area contributed by atoms with Crippen molar-refractivity contribution in [3.05, 3.63) is 77.1 Å². The van der Waals surface area contributed by atoms with Gasteiger partial charge in [-0.15, -0.1) is 5.10 Å². The van der Waals surface area contributed by atoms with Crippen molar-refractivity contribution in [3.63, 3.8) is 0 Å². The monoisotopic (exact) mass is 437 g/mol. The minimum absolute atomic E-state index is 0.148. The average molecular weight is 438 g/mol. The van der Waals surface area contributed by atoms with Crippen LogP contribution in [0.3, 0.4) is 0 Å². The maximum atomic E-state index is 13.7. The minimum Gasteiger partial charge on any atom is -0.289 e. The zero-order valence-corrected chi connectivity index (χ0v) is 18.3. The topological polar surface area (TPSA) is 46.8 Å². The number of hydrogen-bond donors (Lipinski definition) is 0. The van der Waals surface area contributed by atoms with Gasteiger partial charge in [0.1, 0.15) is 11.6 Å². The number of likely N-dealkylation sites (tertiary alicyclic amines) is 1. The van der Waals surface area contributed by atoms with Crippen molar-refractivity contribution in [2.75, 3.05) is 13.1 Å². The van der Waals surface area contributed by atoms with Crippen LogP contribution >= 0.6 is 0 Å². The van der Waals surface area contributed by atoms with E-state index in [9.17, 15) is 8.78 Å². The first kappa shape index (κ1) is 21.2. The summed E-state index contributed by atoms with van der Waals surface area (Å²) in [6, 6.07) is 13.0. The van der Waals surface area contributed by atoms with Crippen LogP contribution < -0.4 is 0 Å². The number of benzene rings is 2. The van der Waals surface area contributed by atoms with Crippen molar-refractivity contribution in [2.24, 2.45) is 5.41 Å². The van der Waals surface area contributed by atoms with Crippen LogP contribution in [0.2, 0.25) is 0 Å². The maximum absolute atomic E-state index is 13.7. The van der Waals surface area contributed by atoms with Crippen LogP contribution in [0.5, 0.6) is 0 Å². The molecule has 168 valence electrons. The molecule has 3 aromatic rings. The van der Waals surface area contributed by atoms with E-state index in [1.165, 1.54) is 62.8 Å². The van der Waals surface area contributed by atoms with E-state index in [0.717, 1.165) is 36.5 Å². The molecule has 1 spiro atoms. The van der Waals surface area contributed by atoms with Crippen molar-refractivity contribution in [2.45, 2.75) is 57.5 Å². The molecule has 0 radical (unpaired) electrons. The van der Waals surface area contributed by atoms with Crippen LogP contribution in [0.4, 0.5) is 8.78 Å². The van der Waals surface area contributed by atoms with Crippen LogP contribution in [0.15, 0.2) is 48.5 Å². The van der Waals surface area contributed by atoms with Crippen molar-refractivity contribution >= 4 is 0 Å². The van der Waals surface area contributed by atoms with Crippen LogP contribution in [0, 0.1) is 17.0 Å². The second-order valence-corrected chi connectivity index (χ2v) is 9.41. The Balaban J connectivity index is 1.49. The Kier molecular flexibility index (Phi) is 6.00. The highest BCUT2D eigenvalue weighted by molar-refractivity contribution is 5.26. The molecule has 1 aliphatic carbocycles. The van der Waals surface area contributed by atoms with Gasteiger partial charge in [-0.25, -0.2) is 13.5 Å². The first-order chi connectivity index (χ1) is 15.6. The molecule has 2 heterocycles. The SMILES string of the molecule is Fc1ccc(Cn2nnnc2[C@@H](c2ccc(F)cc2)N2CCCC3(CCCCC3)C2)cc1. The predicted molar refractivity (Wildman–Crippen MR) is 118 cm³/mol. The molecule has 1 saturated heterocycles. The van der Waals surface area contributed by atoms with E-state index < -0.39 is 0 Å². The summed E-state index contributed by atoms with van der Waals surface area (Å²) < 4.78 is 28.9. The highest BCUT2D eigenvalue weighted by Crippen LogP contribution is 2.45. The molecule has 1 atom stereocenters. The van der Waals surface area contributed by atoms with Gasteiger partial charge in [-0.1, -0.05) is 43.5 Å². The van der Waals surface area contributed by atoms with Crippen LogP contribution in [-0.2, 0) is 6.54 Å². The summed E-state index contributed by atoms with van der Waals surface area (Å²) in [6.45, 7) is 2.44. The quantitative estimate of drug-likeness (QED) is 0.555. The number of nitrogens with zero attached hydrogens (tertiary/aromatic N) is 5. The van der Waals surface area contributed by atoms with E-state index in [4.69, 9.17) is 0 Å². The Hall–Kier alpha value is -2.67. The van der Waals surface area contributed by atoms with Gasteiger partial charge in [0.05, 0.1) is 12.6 Å². The second-order valence-electron chi connectivity index (χ2n) is 9.41. The Morgan fingerprint density at radius 2 is 1.50 bits per heavy atom. The Morgan fingerprint density at radius 3 is 2.22 bits per heavy atom. The van der Waals surface area contributed by atoms with E-state index >= 15 is 0 Å². The third-order valence-corrected chi connectivity index (χ3v) is 7.21. The number of tetrazole rings is 1. The molecule has 5 rings (SSSR count). The van der Waals surface area contributed by atoms with Gasteiger partial charge in [0, 0.05) is 6.54 Å². The van der Waals surface area contributed by atoms with Crippen molar-refractivity contribution in [1.29, 1.82) is 0 Å². The van der Waals surface area contributed by atoms with Crippen molar-refractivity contribution < 1.29 is 8.78 Å². The third-order valence-electron chi connectivity index (χ3n) is 7.21. The van der Waals surface area contributed by atoms with Crippen LogP contribution in [0.25, 0.3) is 0 Å². The lowest BCUT2D eigenvalue weighted by atomic mass is 9.69. The molecule has 1 aromatic heterocycles. The van der Waals surface area contributed by atoms with Gasteiger partial charge in [0.25, 0.3) is 0 Å². The molecule has 0 N–H and O–H groups in total. The molecule has 1 saturated carbocycles. The number of halogens is 2. The zero-order valence-electron chi connectivity index (χ0n) is 18.3. The molecule has 2 aromatic carbocycles. The number of rotatable bonds is 5. The largest absolute Gasteiger partial charge is 0.289 e. The van der Waals surface area contributed by atoms with Crippen LogP contribution in [0.1, 0.15) is 67.9 Å². The second kappa shape index (κ2) is 9.06. The fourth-order valence-corrected chi connectivity index (χ4v) is 5.63. The molecule has 5 nitrogen and oxygen atoms in total. The van der Waals surface area contributed by atoms with Gasteiger partial charge in [0.15, 0.2) is 5.82 Å². The van der Waals surface area contributed by atoms with Gasteiger partial charge in [0.2, 0.25) is 0 Å². The summed E-state index contributed by atoms with van der Waals surface area (Å²) in [5.74, 6) is 0.232. The summed E-state index contributed by atoms with van der Waals surface area (Å²) in [5, 5.41) is 12.7. The van der Waals surface area contributed by atoms with Gasteiger partial charge in [-0.05, 0) is 83.5 Å². The third kappa shape index (κ3) is 4.44. The average Bonchev–Trinajstić information content (AvgIpc) is 3.25. The summed E-state index contributed by atoms with van der Waals surface area (Å²) >= 11 is 0. The van der Waals surface area contributed by atoms with Gasteiger partial charge < -0.3 is 0 Å².